The van der Waals surface area contributed by atoms with Crippen molar-refractivity contribution in [1.82, 2.24) is 9.88 Å². The van der Waals surface area contributed by atoms with Crippen LogP contribution >= 0.6 is 0 Å². The molecule has 0 unspecified atom stereocenters. The molecule has 16 heavy (non-hydrogen) atoms. The maximum Gasteiger partial charge on any atom is 0.123 e. The molecule has 0 aromatic carbocycles. The van der Waals surface area contributed by atoms with Crippen molar-refractivity contribution in [1.29, 1.82) is 0 Å². The standard InChI is InChI=1S/C8H19N.C5H6N2/c1-6-9(7(2)3)8(4)5;6-5-3-1-2-4-7-5/h7-8H,6H2,1-5H3;1-4H,(H2,6,7). The summed E-state index contributed by atoms with van der Waals surface area (Å²) in [5, 5.41) is 0. The van der Waals surface area contributed by atoms with Crippen LogP contribution in [0.5, 0.6) is 0 Å². The molecule has 0 atom stereocenters. The molecule has 0 bridgehead atoms. The highest BCUT2D eigenvalue weighted by Crippen LogP contribution is 2.02. The smallest absolute Gasteiger partial charge is 0.123 e. The summed E-state index contributed by atoms with van der Waals surface area (Å²) in [4.78, 5) is 6.22. The molecule has 2 N–H and O–H groups in total. The highest BCUT2D eigenvalue weighted by atomic mass is 15.2. The average molecular weight is 223 g/mol. The number of rotatable bonds is 3. The molecular formula is C13H25N3. The molecule has 92 valence electrons. The van der Waals surface area contributed by atoms with Crippen LogP contribution in [0.1, 0.15) is 34.6 Å². The van der Waals surface area contributed by atoms with Crippen LogP contribution in [0.4, 0.5) is 5.82 Å². The maximum absolute atomic E-state index is 5.25. The molecule has 0 aliphatic rings. The highest BCUT2D eigenvalue weighted by Gasteiger charge is 2.08. The molecule has 3 heteroatoms. The molecule has 0 amide bonds. The van der Waals surface area contributed by atoms with Crippen LogP contribution in [0.2, 0.25) is 0 Å². The second kappa shape index (κ2) is 8.11. The summed E-state index contributed by atoms with van der Waals surface area (Å²) in [6.07, 6.45) is 1.66. The number of hydrogen-bond donors (Lipinski definition) is 1. The minimum absolute atomic E-state index is 0.572. The molecule has 1 aromatic rings. The number of nitrogen functional groups attached to an aromatic ring is 1. The number of pyridine rings is 1. The van der Waals surface area contributed by atoms with Gasteiger partial charge in [0, 0.05) is 18.3 Å². The Morgan fingerprint density at radius 3 is 1.88 bits per heavy atom. The first kappa shape index (κ1) is 14.9. The minimum Gasteiger partial charge on any atom is -0.384 e. The summed E-state index contributed by atoms with van der Waals surface area (Å²) in [6.45, 7) is 12.3. The predicted molar refractivity (Wildman–Crippen MR) is 71.3 cm³/mol. The van der Waals surface area contributed by atoms with Crippen molar-refractivity contribution in [3.05, 3.63) is 24.4 Å². The maximum atomic E-state index is 5.25. The minimum atomic E-state index is 0.572. The van der Waals surface area contributed by atoms with E-state index in [4.69, 9.17) is 5.73 Å². The molecule has 1 rings (SSSR count). The molecule has 3 nitrogen and oxygen atoms in total. The van der Waals surface area contributed by atoms with Gasteiger partial charge in [0.15, 0.2) is 0 Å². The Labute approximate surface area is 99.7 Å². The third-order valence-corrected chi connectivity index (χ3v) is 2.38. The van der Waals surface area contributed by atoms with Crippen molar-refractivity contribution in [2.45, 2.75) is 46.7 Å². The Morgan fingerprint density at radius 2 is 1.75 bits per heavy atom. The van der Waals surface area contributed by atoms with E-state index in [1.54, 1.807) is 12.3 Å². The number of anilines is 1. The summed E-state index contributed by atoms with van der Waals surface area (Å²) in [7, 11) is 0. The largest absolute Gasteiger partial charge is 0.384 e. The predicted octanol–water partition coefficient (Wildman–Crippen LogP) is 2.79. The normalized spacial score (nSPS) is 10.5. The zero-order chi connectivity index (χ0) is 12.6. The Kier molecular flexibility index (Phi) is 7.56. The fraction of sp³-hybridized carbons (Fsp3) is 0.615. The number of nitrogens with two attached hydrogens (primary N) is 1. The van der Waals surface area contributed by atoms with Gasteiger partial charge >= 0.3 is 0 Å². The van der Waals surface area contributed by atoms with Gasteiger partial charge in [-0.25, -0.2) is 4.98 Å². The Morgan fingerprint density at radius 1 is 1.19 bits per heavy atom. The first-order valence-corrected chi connectivity index (χ1v) is 5.91. The SMILES string of the molecule is CCN(C(C)C)C(C)C.Nc1ccccn1. The van der Waals surface area contributed by atoms with E-state index >= 15 is 0 Å². The van der Waals surface area contributed by atoms with Gasteiger partial charge in [-0.3, -0.25) is 4.90 Å². The molecule has 0 spiro atoms. The molecule has 0 fully saturated rings. The second-order valence-corrected chi connectivity index (χ2v) is 4.27. The fourth-order valence-electron chi connectivity index (χ4n) is 1.70. The van der Waals surface area contributed by atoms with Crippen LogP contribution in [0, 0.1) is 0 Å². The van der Waals surface area contributed by atoms with Crippen molar-refractivity contribution in [2.75, 3.05) is 12.3 Å². The lowest BCUT2D eigenvalue weighted by molar-refractivity contribution is 0.185. The number of aromatic nitrogens is 1. The van der Waals surface area contributed by atoms with Crippen molar-refractivity contribution >= 4 is 5.82 Å². The Hall–Kier alpha value is -1.09. The van der Waals surface area contributed by atoms with Gasteiger partial charge in [-0.05, 0) is 46.4 Å². The van der Waals surface area contributed by atoms with E-state index in [0.29, 0.717) is 17.9 Å². The molecule has 0 saturated heterocycles. The number of nitrogens with zero attached hydrogens (tertiary/aromatic N) is 2. The van der Waals surface area contributed by atoms with Crippen LogP contribution < -0.4 is 5.73 Å². The lowest BCUT2D eigenvalue weighted by Crippen LogP contribution is -2.36. The topological polar surface area (TPSA) is 42.1 Å². The van der Waals surface area contributed by atoms with E-state index < -0.39 is 0 Å². The van der Waals surface area contributed by atoms with Gasteiger partial charge in [0.05, 0.1) is 0 Å². The summed E-state index contributed by atoms with van der Waals surface area (Å²) >= 11 is 0. The molecule has 1 aromatic heterocycles. The Bertz CT molecular complexity index is 249. The van der Waals surface area contributed by atoms with Crippen LogP contribution in [0.25, 0.3) is 0 Å². The van der Waals surface area contributed by atoms with Gasteiger partial charge in [0.25, 0.3) is 0 Å². The Balaban J connectivity index is 0.000000288. The lowest BCUT2D eigenvalue weighted by atomic mass is 10.2. The summed E-state index contributed by atoms with van der Waals surface area (Å²) in [5.74, 6) is 0.572. The van der Waals surface area contributed by atoms with Crippen LogP contribution in [0.3, 0.4) is 0 Å². The van der Waals surface area contributed by atoms with E-state index in [1.165, 1.54) is 0 Å². The zero-order valence-corrected chi connectivity index (χ0v) is 11.1. The highest BCUT2D eigenvalue weighted by molar-refractivity contribution is 5.25. The first-order valence-electron chi connectivity index (χ1n) is 5.91. The van der Waals surface area contributed by atoms with E-state index in [2.05, 4.69) is 44.5 Å². The van der Waals surface area contributed by atoms with Gasteiger partial charge in [0.1, 0.15) is 5.82 Å². The summed E-state index contributed by atoms with van der Waals surface area (Å²) < 4.78 is 0. The van der Waals surface area contributed by atoms with Crippen LogP contribution in [-0.2, 0) is 0 Å². The van der Waals surface area contributed by atoms with Crippen molar-refractivity contribution in [3.63, 3.8) is 0 Å². The first-order chi connectivity index (χ1) is 7.49. The second-order valence-electron chi connectivity index (χ2n) is 4.27. The van der Waals surface area contributed by atoms with Gasteiger partial charge in [-0.2, -0.15) is 0 Å². The van der Waals surface area contributed by atoms with Crippen molar-refractivity contribution in [2.24, 2.45) is 0 Å². The van der Waals surface area contributed by atoms with Gasteiger partial charge in [0.2, 0.25) is 0 Å². The van der Waals surface area contributed by atoms with Gasteiger partial charge in [-0.15, -0.1) is 0 Å². The molecule has 0 radical (unpaired) electrons. The third kappa shape index (κ3) is 6.40. The number of hydrogen-bond acceptors (Lipinski definition) is 3. The molecule has 0 saturated carbocycles. The molecule has 0 aliphatic heterocycles. The van der Waals surface area contributed by atoms with Crippen LogP contribution in [0.15, 0.2) is 24.4 Å². The molecular weight excluding hydrogens is 198 g/mol. The summed E-state index contributed by atoms with van der Waals surface area (Å²) in [5.41, 5.74) is 5.25. The van der Waals surface area contributed by atoms with Crippen molar-refractivity contribution < 1.29 is 0 Å². The van der Waals surface area contributed by atoms with E-state index in [1.807, 2.05) is 12.1 Å². The quantitative estimate of drug-likeness (QED) is 0.856. The van der Waals surface area contributed by atoms with Crippen molar-refractivity contribution in [3.8, 4) is 0 Å². The van der Waals surface area contributed by atoms with E-state index in [-0.39, 0.29) is 0 Å². The van der Waals surface area contributed by atoms with Gasteiger partial charge < -0.3 is 5.73 Å². The third-order valence-electron chi connectivity index (χ3n) is 2.38. The summed E-state index contributed by atoms with van der Waals surface area (Å²) in [6, 6.07) is 6.81. The van der Waals surface area contributed by atoms with Crippen LogP contribution in [-0.4, -0.2) is 28.5 Å². The monoisotopic (exact) mass is 223 g/mol. The average Bonchev–Trinajstić information content (AvgIpc) is 2.19. The van der Waals surface area contributed by atoms with Gasteiger partial charge in [-0.1, -0.05) is 13.0 Å². The molecule has 0 aliphatic carbocycles. The van der Waals surface area contributed by atoms with E-state index in [0.717, 1.165) is 6.54 Å². The fourth-order valence-corrected chi connectivity index (χ4v) is 1.70. The van der Waals surface area contributed by atoms with E-state index in [9.17, 15) is 0 Å². The molecule has 1 heterocycles. The zero-order valence-electron chi connectivity index (χ0n) is 11.1. The lowest BCUT2D eigenvalue weighted by Gasteiger charge is -2.28.